The van der Waals surface area contributed by atoms with Crippen LogP contribution in [0.5, 0.6) is 0 Å². The first-order chi connectivity index (χ1) is 23.6. The predicted octanol–water partition coefficient (Wildman–Crippen LogP) is 2.88. The summed E-state index contributed by atoms with van der Waals surface area (Å²) in [5, 5.41) is 11.4. The number of carbonyl (C=O) groups excluding carboxylic acids is 4. The second-order valence-corrected chi connectivity index (χ2v) is 16.0. The molecule has 286 valence electrons. The van der Waals surface area contributed by atoms with Crippen molar-refractivity contribution in [3.05, 3.63) is 12.7 Å². The van der Waals surface area contributed by atoms with Crippen LogP contribution in [0.3, 0.4) is 0 Å². The third-order valence-corrected chi connectivity index (χ3v) is 11.8. The van der Waals surface area contributed by atoms with Gasteiger partial charge in [-0.15, -0.1) is 13.0 Å². The Bertz CT molecular complexity index is 1410. The van der Waals surface area contributed by atoms with Gasteiger partial charge >= 0.3 is 11.9 Å². The zero-order chi connectivity index (χ0) is 38.4. The molecule has 4 rings (SSSR count). The van der Waals surface area contributed by atoms with Gasteiger partial charge in [-0.25, -0.2) is 9.18 Å². The molecule has 4 fully saturated rings. The molecule has 14 atom stereocenters. The summed E-state index contributed by atoms with van der Waals surface area (Å²) >= 11 is 0. The van der Waals surface area contributed by atoms with E-state index in [0.717, 1.165) is 6.92 Å². The lowest BCUT2D eigenvalue weighted by Gasteiger charge is -2.48. The van der Waals surface area contributed by atoms with Gasteiger partial charge in [-0.2, -0.15) is 0 Å². The lowest BCUT2D eigenvalue weighted by atomic mass is 9.62. The van der Waals surface area contributed by atoms with E-state index >= 15 is 4.39 Å². The maximum Gasteiger partial charge on any atom is 0.351 e. The summed E-state index contributed by atoms with van der Waals surface area (Å²) in [6.07, 6.45) is 2.42. The van der Waals surface area contributed by atoms with Crippen LogP contribution in [-0.4, -0.2) is 132 Å². The standard InChI is InChI=1S/C38H57FN2O10/c1-13-16-41-20-35(7)28-26(41)32(45)51-38(28,10)25(15-3)49-34(46)37(9,39)30(44)23(6)31(36(8,47-17-14-2)19-21(4)29(35)43)50-33-27(42)24(40(11)12)18-22(5)48-33/h2,13,21-28,31,33,42H,1,15-20H2,3-12H3/t21-,22-,23+,24+,25+,26?,27-,28?,31-,33+,35?,36+,37+,38-/m1/s1. The molecule has 13 heteroatoms. The van der Waals surface area contributed by atoms with Crippen molar-refractivity contribution < 1.29 is 52.4 Å². The molecular weight excluding hydrogens is 663 g/mol. The summed E-state index contributed by atoms with van der Waals surface area (Å²) < 4.78 is 47.5. The van der Waals surface area contributed by atoms with Crippen molar-refractivity contribution in [1.82, 2.24) is 9.80 Å². The highest BCUT2D eigenvalue weighted by Crippen LogP contribution is 2.56. The number of Topliss-reactive ketones (excluding diaryl/α,β-unsaturated/α-hetero) is 2. The molecule has 0 aromatic rings. The molecule has 0 saturated carbocycles. The quantitative estimate of drug-likeness (QED) is 0.171. The Morgan fingerprint density at radius 2 is 1.78 bits per heavy atom. The normalized spacial score (nSPS) is 45.5. The molecule has 4 heterocycles. The highest BCUT2D eigenvalue weighted by Gasteiger charge is 2.71. The van der Waals surface area contributed by atoms with Gasteiger partial charge in [-0.1, -0.05) is 39.7 Å². The molecule has 0 aromatic carbocycles. The van der Waals surface area contributed by atoms with Gasteiger partial charge in [-0.3, -0.25) is 19.3 Å². The number of nitrogens with zero attached hydrogens (tertiary/aromatic N) is 2. The molecule has 3 unspecified atom stereocenters. The molecule has 12 nitrogen and oxygen atoms in total. The number of aliphatic hydroxyl groups excluding tert-OH is 1. The van der Waals surface area contributed by atoms with E-state index in [1.807, 2.05) is 30.8 Å². The van der Waals surface area contributed by atoms with Crippen LogP contribution in [0, 0.1) is 35.5 Å². The number of hydrogen-bond acceptors (Lipinski definition) is 12. The van der Waals surface area contributed by atoms with Gasteiger partial charge in [0.15, 0.2) is 17.7 Å². The van der Waals surface area contributed by atoms with Gasteiger partial charge in [0.05, 0.1) is 17.8 Å². The smallest absolute Gasteiger partial charge is 0.351 e. The van der Waals surface area contributed by atoms with E-state index in [0.29, 0.717) is 6.42 Å². The molecule has 0 radical (unpaired) electrons. The Morgan fingerprint density at radius 3 is 2.35 bits per heavy atom. The highest BCUT2D eigenvalue weighted by molar-refractivity contribution is 6.08. The van der Waals surface area contributed by atoms with E-state index in [1.54, 1.807) is 40.7 Å². The molecular formula is C38H57FN2O10. The number of ether oxygens (including phenoxy) is 5. The number of rotatable bonds is 8. The first-order valence-corrected chi connectivity index (χ1v) is 17.9. The number of aliphatic hydroxyl groups is 1. The van der Waals surface area contributed by atoms with Crippen molar-refractivity contribution >= 4 is 23.5 Å². The molecule has 0 aromatic heterocycles. The Labute approximate surface area is 301 Å². The van der Waals surface area contributed by atoms with Gasteiger partial charge in [0, 0.05) is 42.3 Å². The molecule has 0 aliphatic carbocycles. The lowest BCUT2D eigenvalue weighted by molar-refractivity contribution is -0.296. The van der Waals surface area contributed by atoms with Crippen LogP contribution in [-0.2, 0) is 42.9 Å². The van der Waals surface area contributed by atoms with Crippen LogP contribution >= 0.6 is 0 Å². The number of likely N-dealkylation sites (N-methyl/N-ethyl adjacent to an activating group) is 1. The monoisotopic (exact) mass is 720 g/mol. The number of carbonyl (C=O) groups is 4. The van der Waals surface area contributed by atoms with Crippen LogP contribution < -0.4 is 0 Å². The third-order valence-electron chi connectivity index (χ3n) is 11.8. The highest BCUT2D eigenvalue weighted by atomic mass is 19.1. The zero-order valence-electron chi connectivity index (χ0n) is 31.8. The fraction of sp³-hybridized carbons (Fsp3) is 0.789. The van der Waals surface area contributed by atoms with E-state index in [1.165, 1.54) is 6.92 Å². The molecule has 4 aliphatic rings. The average Bonchev–Trinajstić information content (AvgIpc) is 3.53. The number of esters is 2. The SMILES string of the molecule is C#CCO[C@@]1(C)C[C@@H](C)C(=O)C2(C)CN(CC=C)C3C(=O)O[C@@](C)(C32)[C@H](CC)OC(=O)[C@@](C)(F)C(=O)[C@H](C)[C@H]1O[C@@H]1O[C@H](C)C[C@H](N(C)C)[C@H]1O. The first kappa shape index (κ1) is 41.0. The Hall–Kier alpha value is -2.73. The minimum absolute atomic E-state index is 0.0596. The van der Waals surface area contributed by atoms with Crippen molar-refractivity contribution in [3.63, 3.8) is 0 Å². The van der Waals surface area contributed by atoms with Gasteiger partial charge in [0.25, 0.3) is 5.67 Å². The fourth-order valence-electron chi connectivity index (χ4n) is 9.42. The molecule has 0 spiro atoms. The van der Waals surface area contributed by atoms with Gasteiger partial charge in [0.1, 0.15) is 30.6 Å². The second-order valence-electron chi connectivity index (χ2n) is 16.0. The van der Waals surface area contributed by atoms with E-state index in [9.17, 15) is 24.3 Å². The summed E-state index contributed by atoms with van der Waals surface area (Å²) in [6.45, 7) is 16.5. The van der Waals surface area contributed by atoms with Crippen LogP contribution in [0.1, 0.15) is 74.7 Å². The fourth-order valence-corrected chi connectivity index (χ4v) is 9.42. The van der Waals surface area contributed by atoms with Crippen LogP contribution in [0.4, 0.5) is 4.39 Å². The maximum absolute atomic E-state index is 16.8. The van der Waals surface area contributed by atoms with E-state index in [-0.39, 0.29) is 50.5 Å². The van der Waals surface area contributed by atoms with Crippen molar-refractivity contribution in [1.29, 1.82) is 0 Å². The van der Waals surface area contributed by atoms with Gasteiger partial charge < -0.3 is 33.7 Å². The zero-order valence-corrected chi connectivity index (χ0v) is 31.8. The third kappa shape index (κ3) is 7.17. The summed E-state index contributed by atoms with van der Waals surface area (Å²) in [5.41, 5.74) is -7.52. The summed E-state index contributed by atoms with van der Waals surface area (Å²) in [5.74, 6) is -4.02. The van der Waals surface area contributed by atoms with Crippen molar-refractivity contribution in [2.45, 2.75) is 134 Å². The number of halogens is 1. The average molecular weight is 721 g/mol. The summed E-state index contributed by atoms with van der Waals surface area (Å²) in [6, 6.07) is -1.25. The van der Waals surface area contributed by atoms with Crippen molar-refractivity contribution in [2.24, 2.45) is 23.2 Å². The summed E-state index contributed by atoms with van der Waals surface area (Å²) in [4.78, 5) is 60.3. The topological polar surface area (TPSA) is 141 Å². The Balaban J connectivity index is 1.91. The number of cyclic esters (lactones) is 1. The molecule has 4 aliphatic heterocycles. The van der Waals surface area contributed by atoms with Crippen LogP contribution in [0.15, 0.2) is 12.7 Å². The predicted molar refractivity (Wildman–Crippen MR) is 185 cm³/mol. The Kier molecular flexibility index (Phi) is 12.0. The molecule has 4 saturated heterocycles. The molecule has 0 amide bonds. The minimum Gasteiger partial charge on any atom is -0.455 e. The lowest BCUT2D eigenvalue weighted by Crippen LogP contribution is -2.61. The number of alkyl halides is 1. The van der Waals surface area contributed by atoms with Crippen molar-refractivity contribution in [3.8, 4) is 12.3 Å². The number of hydrogen-bond donors (Lipinski definition) is 1. The number of ketones is 2. The number of terminal acetylenes is 1. The van der Waals surface area contributed by atoms with Gasteiger partial charge in [-0.05, 0) is 61.1 Å². The molecule has 51 heavy (non-hydrogen) atoms. The number of likely N-dealkylation sites (tertiary alicyclic amines) is 1. The Morgan fingerprint density at radius 1 is 1.14 bits per heavy atom. The van der Waals surface area contributed by atoms with E-state index in [2.05, 4.69) is 12.5 Å². The minimum atomic E-state index is -3.19. The van der Waals surface area contributed by atoms with Crippen LogP contribution in [0.2, 0.25) is 0 Å². The van der Waals surface area contributed by atoms with E-state index in [4.69, 9.17) is 30.1 Å². The first-order valence-electron chi connectivity index (χ1n) is 17.9. The molecule has 1 N–H and O–H groups in total. The largest absolute Gasteiger partial charge is 0.455 e. The van der Waals surface area contributed by atoms with Crippen LogP contribution in [0.25, 0.3) is 0 Å². The van der Waals surface area contributed by atoms with Gasteiger partial charge in [0.2, 0.25) is 0 Å². The van der Waals surface area contributed by atoms with Crippen molar-refractivity contribution in [2.75, 3.05) is 33.8 Å². The molecule has 0 bridgehead atoms. The van der Waals surface area contributed by atoms with E-state index < -0.39 is 88.4 Å². The maximum atomic E-state index is 16.8. The second kappa shape index (κ2) is 15.0. The summed E-state index contributed by atoms with van der Waals surface area (Å²) in [7, 11) is 3.62.